The number of carbonyl (C=O) groups excluding carboxylic acids is 1. The van der Waals surface area contributed by atoms with E-state index in [1.54, 1.807) is 19.1 Å². The molecule has 4 aliphatic rings. The average Bonchev–Trinajstić information content (AvgIpc) is 3.29. The second-order valence-corrected chi connectivity index (χ2v) is 19.8. The van der Waals surface area contributed by atoms with Crippen molar-refractivity contribution in [3.63, 3.8) is 0 Å². The molecule has 5 unspecified atom stereocenters. The summed E-state index contributed by atoms with van der Waals surface area (Å²) in [5.74, 6) is 2.56. The lowest BCUT2D eigenvalue weighted by Gasteiger charge is -2.58. The highest BCUT2D eigenvalue weighted by Crippen LogP contribution is 2.62. The van der Waals surface area contributed by atoms with Gasteiger partial charge in [-0.1, -0.05) is 39.0 Å². The van der Waals surface area contributed by atoms with E-state index in [-0.39, 0.29) is 28.2 Å². The lowest BCUT2D eigenvalue weighted by atomic mass is 9.57. The lowest BCUT2D eigenvalue weighted by molar-refractivity contribution is -0.151. The van der Waals surface area contributed by atoms with Crippen LogP contribution in [0.3, 0.4) is 0 Å². The normalized spacial score (nSPS) is 32.6. The number of amides is 1. The molecule has 7 heteroatoms. The summed E-state index contributed by atoms with van der Waals surface area (Å²) in [6.07, 6.45) is 7.26. The predicted molar refractivity (Wildman–Crippen MR) is 161 cm³/mol. The zero-order chi connectivity index (χ0) is 28.9. The Kier molecular flexibility index (Phi) is 8.62. The first-order valence-corrected chi connectivity index (χ1v) is 18.7. The van der Waals surface area contributed by atoms with Gasteiger partial charge in [0, 0.05) is 32.7 Å². The fraction of sp³-hybridized carbons (Fsp3) is 0.788. The minimum absolute atomic E-state index is 0.110. The first-order chi connectivity index (χ1) is 18.8. The number of halogens is 1. The number of methoxy groups -OCH3 is 1. The maximum absolute atomic E-state index is 14.4. The highest BCUT2D eigenvalue weighted by atomic mass is 28.4. The molecule has 2 aliphatic heterocycles. The Morgan fingerprint density at radius 1 is 1.10 bits per heavy atom. The number of ether oxygens (including phenoxy) is 1. The van der Waals surface area contributed by atoms with Crippen LogP contribution in [0.1, 0.15) is 71.8 Å². The van der Waals surface area contributed by atoms with Crippen molar-refractivity contribution in [2.24, 2.45) is 29.1 Å². The molecule has 40 heavy (non-hydrogen) atoms. The van der Waals surface area contributed by atoms with E-state index < -0.39 is 8.32 Å². The van der Waals surface area contributed by atoms with Crippen LogP contribution >= 0.6 is 0 Å². The number of fused-ring (bicyclic) bond motifs is 4. The standard InChI is InChI=1S/C33H53FN2O3Si/c1-23(37)36-22-33(14-16-35(17-15-33)20-24-10-8-9-11-29(24)34)31-27-13-12-26(38-5)18-25(27)19-28(31)30(36)21-39-40(6,7)32(2,3)4/h8-11,25-28,30-31H,12-22H2,1-7H3/t25?,26?,27?,28?,30-,31?/m0/s1. The monoisotopic (exact) mass is 572 g/mol. The Morgan fingerprint density at radius 2 is 1.80 bits per heavy atom. The Morgan fingerprint density at radius 3 is 2.42 bits per heavy atom. The van der Waals surface area contributed by atoms with Crippen LogP contribution in [0, 0.1) is 34.9 Å². The smallest absolute Gasteiger partial charge is 0.219 e. The van der Waals surface area contributed by atoms with Crippen LogP contribution in [0.2, 0.25) is 18.1 Å². The van der Waals surface area contributed by atoms with Crippen LogP contribution < -0.4 is 0 Å². The zero-order valence-electron chi connectivity index (χ0n) is 26.0. The van der Waals surface area contributed by atoms with Crippen molar-refractivity contribution in [1.82, 2.24) is 9.80 Å². The number of hydrogen-bond acceptors (Lipinski definition) is 4. The molecule has 2 saturated carbocycles. The fourth-order valence-corrected chi connectivity index (χ4v) is 9.72. The van der Waals surface area contributed by atoms with Gasteiger partial charge in [0.25, 0.3) is 0 Å². The molecule has 1 amide bonds. The molecule has 1 spiro atoms. The van der Waals surface area contributed by atoms with Crippen molar-refractivity contribution < 1.29 is 18.3 Å². The summed E-state index contributed by atoms with van der Waals surface area (Å²) >= 11 is 0. The number of nitrogens with zero attached hydrogens (tertiary/aromatic N) is 2. The van der Waals surface area contributed by atoms with Gasteiger partial charge in [-0.15, -0.1) is 0 Å². The van der Waals surface area contributed by atoms with Crippen LogP contribution in [0.5, 0.6) is 0 Å². The molecule has 4 fully saturated rings. The van der Waals surface area contributed by atoms with Gasteiger partial charge in [0.2, 0.25) is 5.91 Å². The summed E-state index contributed by atoms with van der Waals surface area (Å²) in [5.41, 5.74) is 0.918. The van der Waals surface area contributed by atoms with Gasteiger partial charge in [-0.25, -0.2) is 4.39 Å². The first kappa shape index (κ1) is 30.2. The Hall–Kier alpha value is -1.28. The van der Waals surface area contributed by atoms with Gasteiger partial charge in [0.15, 0.2) is 8.32 Å². The third-order valence-electron chi connectivity index (χ3n) is 11.9. The van der Waals surface area contributed by atoms with Gasteiger partial charge < -0.3 is 14.1 Å². The summed E-state index contributed by atoms with van der Waals surface area (Å²) < 4.78 is 27.2. The lowest BCUT2D eigenvalue weighted by Crippen LogP contribution is -2.63. The Labute approximate surface area is 243 Å². The second-order valence-electron chi connectivity index (χ2n) is 15.0. The molecule has 6 atom stereocenters. The van der Waals surface area contributed by atoms with Crippen LogP contribution in [0.15, 0.2) is 24.3 Å². The summed E-state index contributed by atoms with van der Waals surface area (Å²) in [6.45, 7) is 17.4. The molecule has 0 N–H and O–H groups in total. The van der Waals surface area contributed by atoms with E-state index in [0.29, 0.717) is 42.9 Å². The van der Waals surface area contributed by atoms with Gasteiger partial charge in [-0.2, -0.15) is 0 Å². The third kappa shape index (κ3) is 5.69. The highest BCUT2D eigenvalue weighted by Gasteiger charge is 2.61. The second kappa shape index (κ2) is 11.4. The molecule has 1 aromatic rings. The van der Waals surface area contributed by atoms with Crippen LogP contribution in [-0.4, -0.2) is 69.5 Å². The van der Waals surface area contributed by atoms with Gasteiger partial charge in [-0.05, 0) is 105 Å². The predicted octanol–water partition coefficient (Wildman–Crippen LogP) is 6.73. The van der Waals surface area contributed by atoms with Crippen LogP contribution in [-0.2, 0) is 20.5 Å². The minimum atomic E-state index is -1.95. The van der Waals surface area contributed by atoms with E-state index in [2.05, 4.69) is 43.7 Å². The van der Waals surface area contributed by atoms with Crippen molar-refractivity contribution in [3.05, 3.63) is 35.6 Å². The van der Waals surface area contributed by atoms with Gasteiger partial charge in [0.05, 0.1) is 18.8 Å². The van der Waals surface area contributed by atoms with Gasteiger partial charge in [-0.3, -0.25) is 9.69 Å². The molecule has 0 radical (unpaired) electrons. The third-order valence-corrected chi connectivity index (χ3v) is 16.4. The number of benzene rings is 1. The highest BCUT2D eigenvalue weighted by molar-refractivity contribution is 6.74. The summed E-state index contributed by atoms with van der Waals surface area (Å²) in [5, 5.41) is 0.143. The summed E-state index contributed by atoms with van der Waals surface area (Å²) in [7, 11) is -0.0783. The molecule has 5 rings (SSSR count). The van der Waals surface area contributed by atoms with Crippen molar-refractivity contribution in [3.8, 4) is 0 Å². The molecular formula is C33H53FN2O3Si. The maximum atomic E-state index is 14.4. The SMILES string of the molecule is COC1CCC2C(C1)CC1C2C2(CCN(Cc3ccccc3F)CC2)CN(C(C)=O)[C@H]1CO[Si](C)(C)C(C)(C)C. The molecular weight excluding hydrogens is 519 g/mol. The average molecular weight is 573 g/mol. The number of piperidine rings is 2. The molecule has 0 aromatic heterocycles. The zero-order valence-corrected chi connectivity index (χ0v) is 27.0. The van der Waals surface area contributed by atoms with Crippen molar-refractivity contribution in [2.45, 2.75) is 103 Å². The molecule has 2 aliphatic carbocycles. The van der Waals surface area contributed by atoms with E-state index in [1.807, 2.05) is 19.2 Å². The fourth-order valence-electron chi connectivity index (χ4n) is 8.70. The minimum Gasteiger partial charge on any atom is -0.415 e. The summed E-state index contributed by atoms with van der Waals surface area (Å²) in [4.78, 5) is 18.0. The van der Waals surface area contributed by atoms with Gasteiger partial charge >= 0.3 is 0 Å². The molecule has 2 heterocycles. The van der Waals surface area contributed by atoms with E-state index >= 15 is 0 Å². The van der Waals surface area contributed by atoms with Crippen LogP contribution in [0.25, 0.3) is 0 Å². The molecule has 224 valence electrons. The molecule has 0 bridgehead atoms. The van der Waals surface area contributed by atoms with E-state index in [9.17, 15) is 9.18 Å². The van der Waals surface area contributed by atoms with Crippen molar-refractivity contribution >= 4 is 14.2 Å². The van der Waals surface area contributed by atoms with E-state index in [4.69, 9.17) is 9.16 Å². The van der Waals surface area contributed by atoms with E-state index in [1.165, 1.54) is 12.8 Å². The number of hydrogen-bond donors (Lipinski definition) is 0. The number of carbonyl (C=O) groups is 1. The summed E-state index contributed by atoms with van der Waals surface area (Å²) in [6, 6.07) is 7.34. The van der Waals surface area contributed by atoms with Gasteiger partial charge in [0.1, 0.15) is 5.82 Å². The molecule has 2 saturated heterocycles. The number of rotatable bonds is 6. The van der Waals surface area contributed by atoms with Crippen molar-refractivity contribution in [1.29, 1.82) is 0 Å². The molecule has 5 nitrogen and oxygen atoms in total. The molecule has 1 aromatic carbocycles. The van der Waals surface area contributed by atoms with Crippen molar-refractivity contribution in [2.75, 3.05) is 33.4 Å². The van der Waals surface area contributed by atoms with E-state index in [0.717, 1.165) is 50.9 Å². The van der Waals surface area contributed by atoms with Crippen LogP contribution in [0.4, 0.5) is 4.39 Å². The topological polar surface area (TPSA) is 42.0 Å². The maximum Gasteiger partial charge on any atom is 0.219 e. The quantitative estimate of drug-likeness (QED) is 0.355. The number of likely N-dealkylation sites (tertiary alicyclic amines) is 2. The Bertz CT molecular complexity index is 1050. The largest absolute Gasteiger partial charge is 0.415 e. The Balaban J connectivity index is 1.41. The first-order valence-electron chi connectivity index (χ1n) is 15.7.